The Morgan fingerprint density at radius 2 is 2.03 bits per heavy atom. The van der Waals surface area contributed by atoms with Gasteiger partial charge in [-0.15, -0.1) is 0 Å². The molecule has 0 radical (unpaired) electrons. The minimum Gasteiger partial charge on any atom is -0.350 e. The van der Waals surface area contributed by atoms with Crippen molar-refractivity contribution in [3.63, 3.8) is 0 Å². The lowest BCUT2D eigenvalue weighted by Gasteiger charge is -2.42. The van der Waals surface area contributed by atoms with Gasteiger partial charge in [-0.1, -0.05) is 19.1 Å². The summed E-state index contributed by atoms with van der Waals surface area (Å²) in [7, 11) is 0. The predicted molar refractivity (Wildman–Crippen MR) is 115 cm³/mol. The number of carbonyl (C=O) groups is 1. The largest absolute Gasteiger partial charge is 0.350 e. The number of benzene rings is 1. The second-order valence-electron chi connectivity index (χ2n) is 8.44. The van der Waals surface area contributed by atoms with Crippen molar-refractivity contribution in [3.8, 4) is 6.07 Å². The molecule has 1 saturated heterocycles. The Hall–Kier alpha value is -2.98. The van der Waals surface area contributed by atoms with Crippen molar-refractivity contribution < 1.29 is 4.79 Å². The zero-order valence-corrected chi connectivity index (χ0v) is 17.6. The monoisotopic (exact) mass is 404 g/mol. The van der Waals surface area contributed by atoms with Gasteiger partial charge in [0.25, 0.3) is 0 Å². The van der Waals surface area contributed by atoms with E-state index in [0.29, 0.717) is 31.0 Å². The third kappa shape index (κ3) is 3.88. The third-order valence-corrected chi connectivity index (χ3v) is 6.32. The number of rotatable bonds is 4. The van der Waals surface area contributed by atoms with E-state index in [0.717, 1.165) is 30.8 Å². The number of aryl methyl sites for hydroxylation is 1. The van der Waals surface area contributed by atoms with Gasteiger partial charge < -0.3 is 15.5 Å². The van der Waals surface area contributed by atoms with Crippen LogP contribution in [0.2, 0.25) is 0 Å². The lowest BCUT2D eigenvalue weighted by molar-refractivity contribution is -0.133. The van der Waals surface area contributed by atoms with E-state index in [2.05, 4.69) is 34.8 Å². The van der Waals surface area contributed by atoms with E-state index >= 15 is 0 Å². The van der Waals surface area contributed by atoms with Crippen molar-refractivity contribution in [1.29, 1.82) is 5.26 Å². The molecule has 156 valence electrons. The molecule has 1 aliphatic heterocycles. The molecule has 2 aliphatic rings. The Morgan fingerprint density at radius 3 is 2.73 bits per heavy atom. The molecular weight excluding hydrogens is 376 g/mol. The van der Waals surface area contributed by atoms with Crippen LogP contribution < -0.4 is 10.6 Å². The number of fused-ring (bicyclic) bond motifs is 1. The third-order valence-electron chi connectivity index (χ3n) is 6.32. The van der Waals surface area contributed by atoms with E-state index in [4.69, 9.17) is 11.0 Å². The first-order valence-corrected chi connectivity index (χ1v) is 10.6. The second kappa shape index (κ2) is 8.41. The van der Waals surface area contributed by atoms with Gasteiger partial charge in [-0.3, -0.25) is 4.79 Å². The molecule has 1 aromatic heterocycles. The molecule has 2 aromatic rings. The fourth-order valence-electron chi connectivity index (χ4n) is 4.62. The van der Waals surface area contributed by atoms with Crippen LogP contribution in [-0.2, 0) is 17.6 Å². The maximum atomic E-state index is 13.0. The predicted octanol–water partition coefficient (Wildman–Crippen LogP) is 2.01. The zero-order valence-electron chi connectivity index (χ0n) is 17.6. The molecule has 4 rings (SSSR count). The van der Waals surface area contributed by atoms with Crippen molar-refractivity contribution >= 4 is 11.7 Å². The first-order valence-electron chi connectivity index (χ1n) is 10.6. The highest BCUT2D eigenvalue weighted by Crippen LogP contribution is 2.38. The molecular formula is C23H28N6O. The molecule has 1 aliphatic carbocycles. The first kappa shape index (κ1) is 20.3. The summed E-state index contributed by atoms with van der Waals surface area (Å²) >= 11 is 0. The van der Waals surface area contributed by atoms with Crippen molar-refractivity contribution in [1.82, 2.24) is 14.9 Å². The summed E-state index contributed by atoms with van der Waals surface area (Å²) in [6.45, 7) is 6.39. The molecule has 2 N–H and O–H groups in total. The maximum Gasteiger partial charge on any atom is 0.239 e. The molecule has 2 heterocycles. The smallest absolute Gasteiger partial charge is 0.239 e. The second-order valence-corrected chi connectivity index (χ2v) is 8.44. The maximum absolute atomic E-state index is 13.0. The molecule has 3 atom stereocenters. The van der Waals surface area contributed by atoms with Crippen molar-refractivity contribution in [2.24, 2.45) is 5.73 Å². The van der Waals surface area contributed by atoms with Crippen molar-refractivity contribution in [2.75, 3.05) is 24.5 Å². The zero-order chi connectivity index (χ0) is 21.3. The summed E-state index contributed by atoms with van der Waals surface area (Å²) in [5.41, 5.74) is 10.3. The van der Waals surface area contributed by atoms with Gasteiger partial charge in [0.05, 0.1) is 17.7 Å². The highest BCUT2D eigenvalue weighted by atomic mass is 16.2. The Labute approximate surface area is 177 Å². The Kier molecular flexibility index (Phi) is 5.69. The fraction of sp³-hybridized carbons (Fsp3) is 0.478. The van der Waals surface area contributed by atoms with E-state index in [-0.39, 0.29) is 11.9 Å². The summed E-state index contributed by atoms with van der Waals surface area (Å²) in [5.74, 6) is 1.49. The summed E-state index contributed by atoms with van der Waals surface area (Å²) < 4.78 is 0. The SMILES string of the molecule is C[C@@H]1CCc2ncnc(N3CCN(C(=O)[C@H](N)Cc4ccc(C#N)cc4)C[C@@H]3C)c21. The first-order chi connectivity index (χ1) is 14.5. The van der Waals surface area contributed by atoms with Crippen LogP contribution in [0.5, 0.6) is 0 Å². The van der Waals surface area contributed by atoms with Crippen molar-refractivity contribution in [3.05, 3.63) is 53.0 Å². The van der Waals surface area contributed by atoms with E-state index in [1.54, 1.807) is 18.5 Å². The Bertz CT molecular complexity index is 967. The molecule has 0 unspecified atom stereocenters. The highest BCUT2D eigenvalue weighted by Gasteiger charge is 2.33. The number of hydrogen-bond acceptors (Lipinski definition) is 6. The van der Waals surface area contributed by atoms with Crippen LogP contribution in [0.25, 0.3) is 0 Å². The van der Waals surface area contributed by atoms with E-state index < -0.39 is 6.04 Å². The summed E-state index contributed by atoms with van der Waals surface area (Å²) in [4.78, 5) is 26.2. The molecule has 0 bridgehead atoms. The number of carbonyl (C=O) groups excluding carboxylic acids is 1. The van der Waals surface area contributed by atoms with Gasteiger partial charge in [-0.2, -0.15) is 5.26 Å². The summed E-state index contributed by atoms with van der Waals surface area (Å²) in [6, 6.07) is 8.93. The quantitative estimate of drug-likeness (QED) is 0.837. The average molecular weight is 405 g/mol. The van der Waals surface area contributed by atoms with Crippen LogP contribution in [0.15, 0.2) is 30.6 Å². The van der Waals surface area contributed by atoms with E-state index in [9.17, 15) is 4.79 Å². The van der Waals surface area contributed by atoms with Gasteiger partial charge in [0.15, 0.2) is 0 Å². The van der Waals surface area contributed by atoms with E-state index in [1.165, 1.54) is 11.3 Å². The minimum atomic E-state index is -0.583. The van der Waals surface area contributed by atoms with E-state index in [1.807, 2.05) is 17.0 Å². The van der Waals surface area contributed by atoms with Gasteiger partial charge in [-0.25, -0.2) is 9.97 Å². The molecule has 7 heteroatoms. The summed E-state index contributed by atoms with van der Waals surface area (Å²) in [6.07, 6.45) is 4.28. The Balaban J connectivity index is 1.41. The van der Waals surface area contributed by atoms with Crippen LogP contribution in [0.4, 0.5) is 5.82 Å². The average Bonchev–Trinajstić information content (AvgIpc) is 3.15. The van der Waals surface area contributed by atoms with Crippen LogP contribution in [0, 0.1) is 11.3 Å². The van der Waals surface area contributed by atoms with Crippen molar-refractivity contribution in [2.45, 2.75) is 51.1 Å². The van der Waals surface area contributed by atoms with Crippen LogP contribution in [-0.4, -0.2) is 52.5 Å². The number of anilines is 1. The van der Waals surface area contributed by atoms with Crippen LogP contribution in [0.3, 0.4) is 0 Å². The van der Waals surface area contributed by atoms with Crippen LogP contribution >= 0.6 is 0 Å². The number of hydrogen-bond donors (Lipinski definition) is 1. The number of piperazine rings is 1. The van der Waals surface area contributed by atoms with Crippen LogP contribution in [0.1, 0.15) is 48.6 Å². The molecule has 1 amide bonds. The summed E-state index contributed by atoms with van der Waals surface area (Å²) in [5, 5.41) is 8.92. The van der Waals surface area contributed by atoms with Gasteiger partial charge in [0.2, 0.25) is 5.91 Å². The molecule has 0 saturated carbocycles. The number of amides is 1. The molecule has 7 nitrogen and oxygen atoms in total. The standard InChI is InChI=1S/C23H28N6O/c1-15-3-8-20-21(15)22(27-14-26-20)29-10-9-28(13-16(29)2)23(30)19(25)11-17-4-6-18(12-24)7-5-17/h4-7,14-16,19H,3,8-11,13,25H2,1-2H3/t15-,16+,19-/m1/s1. The van der Waals surface area contributed by atoms with Gasteiger partial charge in [0, 0.05) is 36.9 Å². The lowest BCUT2D eigenvalue weighted by Crippen LogP contribution is -2.57. The van der Waals surface area contributed by atoms with Gasteiger partial charge >= 0.3 is 0 Å². The number of nitriles is 1. The normalized spacial score (nSPS) is 21.8. The highest BCUT2D eigenvalue weighted by molar-refractivity contribution is 5.82. The number of nitrogens with two attached hydrogens (primary N) is 1. The number of nitrogens with zero attached hydrogens (tertiary/aromatic N) is 5. The fourth-order valence-corrected chi connectivity index (χ4v) is 4.62. The van der Waals surface area contributed by atoms with Gasteiger partial charge in [-0.05, 0) is 49.8 Å². The molecule has 30 heavy (non-hydrogen) atoms. The topological polar surface area (TPSA) is 99.1 Å². The Morgan fingerprint density at radius 1 is 1.27 bits per heavy atom. The van der Waals surface area contributed by atoms with Gasteiger partial charge in [0.1, 0.15) is 12.1 Å². The lowest BCUT2D eigenvalue weighted by atomic mass is 10.0. The minimum absolute atomic E-state index is 0.0212. The molecule has 0 spiro atoms. The number of aromatic nitrogens is 2. The molecule has 1 aromatic carbocycles. The molecule has 1 fully saturated rings.